The van der Waals surface area contributed by atoms with E-state index >= 15 is 0 Å². The zero-order chi connectivity index (χ0) is 10.7. The van der Waals surface area contributed by atoms with Crippen LogP contribution in [-0.2, 0) is 14.9 Å². The molecular formula is C13H18O2. The van der Waals surface area contributed by atoms with Crippen molar-refractivity contribution in [2.24, 2.45) is 0 Å². The van der Waals surface area contributed by atoms with Crippen LogP contribution in [0.15, 0.2) is 30.3 Å². The maximum atomic E-state index is 5.61. The van der Waals surface area contributed by atoms with Crippen LogP contribution in [0.4, 0.5) is 0 Å². The summed E-state index contributed by atoms with van der Waals surface area (Å²) in [5, 5.41) is 0. The van der Waals surface area contributed by atoms with Crippen LogP contribution in [0.2, 0.25) is 0 Å². The first-order valence-corrected chi connectivity index (χ1v) is 5.49. The van der Waals surface area contributed by atoms with E-state index in [1.165, 1.54) is 5.56 Å². The van der Waals surface area contributed by atoms with E-state index in [1.807, 2.05) is 0 Å². The van der Waals surface area contributed by atoms with E-state index in [0.29, 0.717) is 6.61 Å². The average Bonchev–Trinajstić information content (AvgIpc) is 2.27. The van der Waals surface area contributed by atoms with E-state index in [2.05, 4.69) is 37.3 Å². The average molecular weight is 206 g/mol. The third-order valence-corrected chi connectivity index (χ3v) is 3.46. The molecule has 2 rings (SSSR count). The van der Waals surface area contributed by atoms with E-state index in [0.717, 1.165) is 13.0 Å². The maximum Gasteiger partial charge on any atom is 0.0927 e. The summed E-state index contributed by atoms with van der Waals surface area (Å²) in [7, 11) is 1.73. The first kappa shape index (κ1) is 10.7. The molecule has 0 aliphatic carbocycles. The minimum atomic E-state index is 0.178. The molecule has 0 aromatic heterocycles. The van der Waals surface area contributed by atoms with Crippen molar-refractivity contribution in [2.45, 2.75) is 24.9 Å². The van der Waals surface area contributed by atoms with E-state index < -0.39 is 0 Å². The molecule has 0 radical (unpaired) electrons. The fraction of sp³-hybridized carbons (Fsp3) is 0.538. The molecule has 2 nitrogen and oxygen atoms in total. The highest BCUT2D eigenvalue weighted by Gasteiger charge is 2.48. The Balaban J connectivity index is 2.23. The molecule has 1 aromatic rings. The second-order valence-electron chi connectivity index (χ2n) is 4.13. The molecule has 15 heavy (non-hydrogen) atoms. The fourth-order valence-corrected chi connectivity index (χ4v) is 2.33. The van der Waals surface area contributed by atoms with Gasteiger partial charge >= 0.3 is 0 Å². The summed E-state index contributed by atoms with van der Waals surface area (Å²) in [5.74, 6) is 0. The van der Waals surface area contributed by atoms with Crippen molar-refractivity contribution in [3.8, 4) is 0 Å². The summed E-state index contributed by atoms with van der Waals surface area (Å²) >= 11 is 0. The summed E-state index contributed by atoms with van der Waals surface area (Å²) in [6, 6.07) is 10.6. The minimum absolute atomic E-state index is 0.178. The molecule has 0 amide bonds. The van der Waals surface area contributed by atoms with Crippen molar-refractivity contribution in [1.29, 1.82) is 0 Å². The lowest BCUT2D eigenvalue weighted by molar-refractivity contribution is -0.164. The van der Waals surface area contributed by atoms with Gasteiger partial charge < -0.3 is 9.47 Å². The lowest BCUT2D eigenvalue weighted by Crippen LogP contribution is -2.57. The molecule has 82 valence electrons. The highest BCUT2D eigenvalue weighted by molar-refractivity contribution is 5.29. The standard InChI is InChI=1S/C13H18O2/c1-3-13(10-15-12(13)9-14-2)11-7-5-4-6-8-11/h4-8,12H,3,9-10H2,1-2H3. The van der Waals surface area contributed by atoms with Gasteiger partial charge in [-0.25, -0.2) is 0 Å². The molecule has 0 spiro atoms. The number of rotatable bonds is 4. The molecule has 0 saturated carbocycles. The van der Waals surface area contributed by atoms with Gasteiger partial charge in [0.2, 0.25) is 0 Å². The molecule has 1 saturated heterocycles. The van der Waals surface area contributed by atoms with Gasteiger partial charge in [0.05, 0.1) is 19.3 Å². The maximum absolute atomic E-state index is 5.61. The quantitative estimate of drug-likeness (QED) is 0.753. The summed E-state index contributed by atoms with van der Waals surface area (Å²) in [4.78, 5) is 0. The summed E-state index contributed by atoms with van der Waals surface area (Å²) in [6.07, 6.45) is 1.32. The van der Waals surface area contributed by atoms with Gasteiger partial charge in [0.1, 0.15) is 0 Å². The van der Waals surface area contributed by atoms with Crippen LogP contribution in [0, 0.1) is 0 Å². The Hall–Kier alpha value is -0.860. The van der Waals surface area contributed by atoms with Crippen LogP contribution < -0.4 is 0 Å². The van der Waals surface area contributed by atoms with Gasteiger partial charge in [-0.3, -0.25) is 0 Å². The Morgan fingerprint density at radius 2 is 2.13 bits per heavy atom. The molecule has 0 N–H and O–H groups in total. The first-order valence-electron chi connectivity index (χ1n) is 5.49. The Morgan fingerprint density at radius 1 is 1.40 bits per heavy atom. The van der Waals surface area contributed by atoms with Crippen molar-refractivity contribution >= 4 is 0 Å². The second-order valence-corrected chi connectivity index (χ2v) is 4.13. The van der Waals surface area contributed by atoms with Crippen molar-refractivity contribution in [3.63, 3.8) is 0 Å². The van der Waals surface area contributed by atoms with E-state index in [1.54, 1.807) is 7.11 Å². The highest BCUT2D eigenvalue weighted by Crippen LogP contribution is 2.41. The lowest BCUT2D eigenvalue weighted by atomic mass is 9.70. The van der Waals surface area contributed by atoms with Crippen LogP contribution in [-0.4, -0.2) is 26.4 Å². The van der Waals surface area contributed by atoms with Crippen molar-refractivity contribution in [2.75, 3.05) is 20.3 Å². The monoisotopic (exact) mass is 206 g/mol. The summed E-state index contributed by atoms with van der Waals surface area (Å²) in [6.45, 7) is 3.72. The molecule has 1 aromatic carbocycles. The summed E-state index contributed by atoms with van der Waals surface area (Å²) in [5.41, 5.74) is 1.55. The third kappa shape index (κ3) is 1.68. The van der Waals surface area contributed by atoms with Gasteiger partial charge in [-0.05, 0) is 12.0 Å². The molecule has 2 heteroatoms. The van der Waals surface area contributed by atoms with Gasteiger partial charge in [0.15, 0.2) is 0 Å². The van der Waals surface area contributed by atoms with Gasteiger partial charge in [0, 0.05) is 12.5 Å². The van der Waals surface area contributed by atoms with Crippen LogP contribution in [0.3, 0.4) is 0 Å². The first-order chi connectivity index (χ1) is 7.33. The number of methoxy groups -OCH3 is 1. The van der Waals surface area contributed by atoms with Crippen molar-refractivity contribution < 1.29 is 9.47 Å². The zero-order valence-corrected chi connectivity index (χ0v) is 9.40. The fourth-order valence-electron chi connectivity index (χ4n) is 2.33. The molecule has 2 unspecified atom stereocenters. The predicted molar refractivity (Wildman–Crippen MR) is 60.0 cm³/mol. The van der Waals surface area contributed by atoms with Gasteiger partial charge in [-0.15, -0.1) is 0 Å². The Kier molecular flexibility index (Phi) is 3.08. The predicted octanol–water partition coefficient (Wildman–Crippen LogP) is 2.38. The van der Waals surface area contributed by atoms with Gasteiger partial charge in [0.25, 0.3) is 0 Å². The summed E-state index contributed by atoms with van der Waals surface area (Å²) < 4.78 is 10.8. The van der Waals surface area contributed by atoms with E-state index in [-0.39, 0.29) is 11.5 Å². The minimum Gasteiger partial charge on any atom is -0.382 e. The zero-order valence-electron chi connectivity index (χ0n) is 9.40. The van der Waals surface area contributed by atoms with E-state index in [4.69, 9.17) is 9.47 Å². The molecule has 0 bridgehead atoms. The Bertz CT molecular complexity index is 306. The van der Waals surface area contributed by atoms with Crippen molar-refractivity contribution in [3.05, 3.63) is 35.9 Å². The Morgan fingerprint density at radius 3 is 2.60 bits per heavy atom. The van der Waals surface area contributed by atoms with Crippen molar-refractivity contribution in [1.82, 2.24) is 0 Å². The van der Waals surface area contributed by atoms with Gasteiger partial charge in [-0.1, -0.05) is 37.3 Å². The normalized spacial score (nSPS) is 29.9. The molecule has 1 fully saturated rings. The highest BCUT2D eigenvalue weighted by atomic mass is 16.5. The SMILES string of the molecule is CCC1(c2ccccc2)COC1COC. The largest absolute Gasteiger partial charge is 0.382 e. The van der Waals surface area contributed by atoms with Crippen LogP contribution in [0.5, 0.6) is 0 Å². The number of benzene rings is 1. The molecule has 1 heterocycles. The van der Waals surface area contributed by atoms with Crippen LogP contribution >= 0.6 is 0 Å². The molecule has 1 aliphatic heterocycles. The number of hydrogen-bond donors (Lipinski definition) is 0. The van der Waals surface area contributed by atoms with E-state index in [9.17, 15) is 0 Å². The number of hydrogen-bond acceptors (Lipinski definition) is 2. The molecule has 2 atom stereocenters. The Labute approximate surface area is 91.2 Å². The number of ether oxygens (including phenoxy) is 2. The smallest absolute Gasteiger partial charge is 0.0927 e. The van der Waals surface area contributed by atoms with Crippen LogP contribution in [0.25, 0.3) is 0 Å². The molecular weight excluding hydrogens is 188 g/mol. The van der Waals surface area contributed by atoms with Gasteiger partial charge in [-0.2, -0.15) is 0 Å². The second kappa shape index (κ2) is 4.33. The third-order valence-electron chi connectivity index (χ3n) is 3.46. The lowest BCUT2D eigenvalue weighted by Gasteiger charge is -2.49. The molecule has 1 aliphatic rings. The van der Waals surface area contributed by atoms with Crippen LogP contribution in [0.1, 0.15) is 18.9 Å². The topological polar surface area (TPSA) is 18.5 Å².